The molecule has 1 N–H and O–H groups in total. The number of amides is 2. The van der Waals surface area contributed by atoms with Gasteiger partial charge in [0.05, 0.1) is 10.8 Å². The third kappa shape index (κ3) is 3.79. The highest BCUT2D eigenvalue weighted by atomic mass is 32.1. The Bertz CT molecular complexity index is 984. The summed E-state index contributed by atoms with van der Waals surface area (Å²) in [4.78, 5) is 27.9. The molecule has 8 nitrogen and oxygen atoms in total. The third-order valence-electron chi connectivity index (χ3n) is 4.82. The molecule has 0 radical (unpaired) electrons. The Kier molecular flexibility index (Phi) is 5.16. The van der Waals surface area contributed by atoms with E-state index in [1.54, 1.807) is 16.6 Å². The Morgan fingerprint density at radius 1 is 1.25 bits per heavy atom. The molecule has 3 heterocycles. The first-order valence-electron chi connectivity index (χ1n) is 9.08. The minimum absolute atomic E-state index is 0.00396. The summed E-state index contributed by atoms with van der Waals surface area (Å²) in [5.74, 6) is 0.334. The summed E-state index contributed by atoms with van der Waals surface area (Å²) in [7, 11) is 1.77. The summed E-state index contributed by atoms with van der Waals surface area (Å²) in [6.45, 7) is 1.13. The van der Waals surface area contributed by atoms with Crippen LogP contribution in [0.5, 0.6) is 0 Å². The van der Waals surface area contributed by atoms with Crippen molar-refractivity contribution in [1.29, 1.82) is 0 Å². The van der Waals surface area contributed by atoms with E-state index in [4.69, 9.17) is 0 Å². The lowest BCUT2D eigenvalue weighted by atomic mass is 9.96. The monoisotopic (exact) mass is 396 g/mol. The highest BCUT2D eigenvalue weighted by Gasteiger charge is 2.29. The molecule has 3 aromatic rings. The van der Waals surface area contributed by atoms with Crippen molar-refractivity contribution < 1.29 is 9.59 Å². The number of nitrogens with zero attached hydrogens (tertiary/aromatic N) is 5. The summed E-state index contributed by atoms with van der Waals surface area (Å²) >= 11 is 1.43. The normalized spacial score (nSPS) is 16.8. The smallest absolute Gasteiger partial charge is 0.263 e. The van der Waals surface area contributed by atoms with Crippen LogP contribution in [0.4, 0.5) is 5.69 Å². The van der Waals surface area contributed by atoms with Gasteiger partial charge in [-0.05, 0) is 46.8 Å². The van der Waals surface area contributed by atoms with E-state index in [1.807, 2.05) is 41.8 Å². The summed E-state index contributed by atoms with van der Waals surface area (Å²) in [6.07, 6.45) is 1.59. The Hall–Kier alpha value is -3.07. The molecule has 0 spiro atoms. The number of hydrogen-bond acceptors (Lipinski definition) is 6. The molecule has 9 heteroatoms. The number of tetrazole rings is 1. The molecule has 144 valence electrons. The van der Waals surface area contributed by atoms with Gasteiger partial charge < -0.3 is 10.2 Å². The SMILES string of the molecule is Cn1nnnc1-c1cccc(NC(=O)C2CCCN(C(=O)c3cccs3)C2)c1. The van der Waals surface area contributed by atoms with Crippen LogP contribution in [0.25, 0.3) is 11.4 Å². The topological polar surface area (TPSA) is 93.0 Å². The van der Waals surface area contributed by atoms with Crippen molar-refractivity contribution in [3.05, 3.63) is 46.7 Å². The van der Waals surface area contributed by atoms with E-state index in [2.05, 4.69) is 20.8 Å². The maximum absolute atomic E-state index is 12.8. The van der Waals surface area contributed by atoms with Gasteiger partial charge in [0.25, 0.3) is 5.91 Å². The van der Waals surface area contributed by atoms with E-state index in [9.17, 15) is 9.59 Å². The van der Waals surface area contributed by atoms with Crippen molar-refractivity contribution in [1.82, 2.24) is 25.1 Å². The molecule has 1 atom stereocenters. The lowest BCUT2D eigenvalue weighted by molar-refractivity contribution is -0.121. The van der Waals surface area contributed by atoms with Crippen LogP contribution in [0.2, 0.25) is 0 Å². The number of piperidine rings is 1. The van der Waals surface area contributed by atoms with Crippen LogP contribution in [-0.4, -0.2) is 50.0 Å². The largest absolute Gasteiger partial charge is 0.337 e. The van der Waals surface area contributed by atoms with Gasteiger partial charge in [-0.1, -0.05) is 18.2 Å². The number of nitrogens with one attached hydrogen (secondary N) is 1. The number of aromatic nitrogens is 4. The number of rotatable bonds is 4. The van der Waals surface area contributed by atoms with Gasteiger partial charge in [0.2, 0.25) is 5.91 Å². The second-order valence-corrected chi connectivity index (χ2v) is 7.71. The Morgan fingerprint density at radius 3 is 2.89 bits per heavy atom. The molecule has 2 amide bonds. The van der Waals surface area contributed by atoms with E-state index in [-0.39, 0.29) is 17.7 Å². The number of likely N-dealkylation sites (tertiary alicyclic amines) is 1. The van der Waals surface area contributed by atoms with Gasteiger partial charge in [-0.15, -0.1) is 16.4 Å². The number of carbonyl (C=O) groups is 2. The Labute approximate surface area is 166 Å². The van der Waals surface area contributed by atoms with E-state index in [0.717, 1.165) is 18.4 Å². The number of thiophene rings is 1. The van der Waals surface area contributed by atoms with Crippen molar-refractivity contribution in [2.45, 2.75) is 12.8 Å². The summed E-state index contributed by atoms with van der Waals surface area (Å²) < 4.78 is 1.58. The van der Waals surface area contributed by atoms with E-state index < -0.39 is 0 Å². The van der Waals surface area contributed by atoms with Crippen molar-refractivity contribution >= 4 is 28.8 Å². The molecule has 28 heavy (non-hydrogen) atoms. The maximum atomic E-state index is 12.8. The van der Waals surface area contributed by atoms with Crippen molar-refractivity contribution in [3.63, 3.8) is 0 Å². The average molecular weight is 396 g/mol. The highest BCUT2D eigenvalue weighted by Crippen LogP contribution is 2.24. The molecular weight excluding hydrogens is 376 g/mol. The van der Waals surface area contributed by atoms with E-state index in [1.165, 1.54) is 11.3 Å². The lowest BCUT2D eigenvalue weighted by Crippen LogP contribution is -2.43. The number of hydrogen-bond donors (Lipinski definition) is 1. The second-order valence-electron chi connectivity index (χ2n) is 6.76. The fourth-order valence-electron chi connectivity index (χ4n) is 3.39. The highest BCUT2D eigenvalue weighted by molar-refractivity contribution is 7.12. The molecule has 2 aromatic heterocycles. The predicted molar refractivity (Wildman–Crippen MR) is 106 cm³/mol. The molecule has 4 rings (SSSR count). The third-order valence-corrected chi connectivity index (χ3v) is 5.68. The molecule has 0 aliphatic carbocycles. The molecule has 1 saturated heterocycles. The van der Waals surface area contributed by atoms with Gasteiger partial charge in [0.1, 0.15) is 0 Å². The fourth-order valence-corrected chi connectivity index (χ4v) is 4.08. The quantitative estimate of drug-likeness (QED) is 0.731. The summed E-state index contributed by atoms with van der Waals surface area (Å²) in [5.41, 5.74) is 1.51. The molecule has 1 aromatic carbocycles. The van der Waals surface area contributed by atoms with E-state index in [0.29, 0.717) is 29.5 Å². The van der Waals surface area contributed by atoms with Crippen molar-refractivity contribution in [2.24, 2.45) is 13.0 Å². The van der Waals surface area contributed by atoms with Crippen LogP contribution >= 0.6 is 11.3 Å². The minimum Gasteiger partial charge on any atom is -0.337 e. The van der Waals surface area contributed by atoms with Gasteiger partial charge in [-0.2, -0.15) is 0 Å². The van der Waals surface area contributed by atoms with Gasteiger partial charge in [-0.25, -0.2) is 4.68 Å². The number of carbonyl (C=O) groups excluding carboxylic acids is 2. The Balaban J connectivity index is 1.43. The van der Waals surface area contributed by atoms with Gasteiger partial charge in [0, 0.05) is 31.4 Å². The van der Waals surface area contributed by atoms with Gasteiger partial charge in [-0.3, -0.25) is 9.59 Å². The fraction of sp³-hybridized carbons (Fsp3) is 0.316. The lowest BCUT2D eigenvalue weighted by Gasteiger charge is -2.31. The predicted octanol–water partition coefficient (Wildman–Crippen LogP) is 2.43. The molecule has 1 unspecified atom stereocenters. The first-order chi connectivity index (χ1) is 13.6. The van der Waals surface area contributed by atoms with Crippen LogP contribution < -0.4 is 5.32 Å². The van der Waals surface area contributed by atoms with Crippen LogP contribution in [0, 0.1) is 5.92 Å². The zero-order valence-electron chi connectivity index (χ0n) is 15.4. The molecule has 0 bridgehead atoms. The summed E-state index contributed by atoms with van der Waals surface area (Å²) in [5, 5.41) is 16.3. The number of anilines is 1. The standard InChI is InChI=1S/C19H20N6O2S/c1-24-17(21-22-23-24)13-5-2-7-15(11-13)20-18(26)14-6-3-9-25(12-14)19(27)16-8-4-10-28-16/h2,4-5,7-8,10-11,14H,3,6,9,12H2,1H3,(H,20,26). The zero-order chi connectivity index (χ0) is 19.5. The maximum Gasteiger partial charge on any atom is 0.263 e. The molecular formula is C19H20N6O2S. The van der Waals surface area contributed by atoms with Crippen LogP contribution in [-0.2, 0) is 11.8 Å². The molecule has 1 fully saturated rings. The van der Waals surface area contributed by atoms with Crippen molar-refractivity contribution in [2.75, 3.05) is 18.4 Å². The second kappa shape index (κ2) is 7.89. The van der Waals surface area contributed by atoms with E-state index >= 15 is 0 Å². The van der Waals surface area contributed by atoms with Gasteiger partial charge >= 0.3 is 0 Å². The Morgan fingerprint density at radius 2 is 2.14 bits per heavy atom. The molecule has 0 saturated carbocycles. The minimum atomic E-state index is -0.224. The van der Waals surface area contributed by atoms with Gasteiger partial charge in [0.15, 0.2) is 5.82 Å². The average Bonchev–Trinajstić information content (AvgIpc) is 3.39. The number of aryl methyl sites for hydroxylation is 1. The van der Waals surface area contributed by atoms with Crippen LogP contribution in [0.15, 0.2) is 41.8 Å². The first kappa shape index (κ1) is 18.3. The first-order valence-corrected chi connectivity index (χ1v) is 9.96. The van der Waals surface area contributed by atoms with Crippen LogP contribution in [0.3, 0.4) is 0 Å². The summed E-state index contributed by atoms with van der Waals surface area (Å²) in [6, 6.07) is 11.1. The van der Waals surface area contributed by atoms with Crippen LogP contribution in [0.1, 0.15) is 22.5 Å². The van der Waals surface area contributed by atoms with Crippen molar-refractivity contribution in [3.8, 4) is 11.4 Å². The number of benzene rings is 1. The zero-order valence-corrected chi connectivity index (χ0v) is 16.2. The molecule has 1 aliphatic rings. The molecule has 1 aliphatic heterocycles.